The van der Waals surface area contributed by atoms with Crippen LogP contribution in [0.4, 0.5) is 0 Å². The van der Waals surface area contributed by atoms with Gasteiger partial charge in [-0.1, -0.05) is 6.92 Å². The summed E-state index contributed by atoms with van der Waals surface area (Å²) in [7, 11) is 3.72. The molecule has 0 saturated carbocycles. The Kier molecular flexibility index (Phi) is 3.06. The van der Waals surface area contributed by atoms with Crippen LogP contribution in [0, 0.1) is 0 Å². The molecule has 0 aromatic carbocycles. The maximum atomic E-state index is 11.2. The van der Waals surface area contributed by atoms with Crippen molar-refractivity contribution in [1.29, 1.82) is 0 Å². The largest absolute Gasteiger partial charge is 0.338 e. The summed E-state index contributed by atoms with van der Waals surface area (Å²) < 4.78 is 1.92. The number of carbonyl (C=O) groups is 1. The van der Waals surface area contributed by atoms with E-state index < -0.39 is 0 Å². The highest BCUT2D eigenvalue weighted by atomic mass is 16.2. The number of amides is 1. The van der Waals surface area contributed by atoms with Crippen molar-refractivity contribution in [1.82, 2.24) is 14.5 Å². The van der Waals surface area contributed by atoms with Crippen LogP contribution in [0.5, 0.6) is 0 Å². The Labute approximate surface area is 78.2 Å². The van der Waals surface area contributed by atoms with Crippen molar-refractivity contribution in [3.05, 3.63) is 18.2 Å². The number of aryl methyl sites for hydroxylation is 1. The van der Waals surface area contributed by atoms with Crippen molar-refractivity contribution >= 4 is 5.91 Å². The summed E-state index contributed by atoms with van der Waals surface area (Å²) >= 11 is 0. The van der Waals surface area contributed by atoms with E-state index in [0.29, 0.717) is 13.0 Å². The Balaban J connectivity index is 2.59. The molecule has 0 aliphatic heterocycles. The second-order valence-electron chi connectivity index (χ2n) is 3.06. The number of carbonyl (C=O) groups excluding carboxylic acids is 1. The van der Waals surface area contributed by atoms with Crippen LogP contribution in [-0.4, -0.2) is 27.4 Å². The molecular formula is C9H15N3O. The molecule has 0 N–H and O–H groups in total. The number of rotatable bonds is 3. The summed E-state index contributed by atoms with van der Waals surface area (Å²) in [5.74, 6) is 1.05. The first kappa shape index (κ1) is 9.77. The van der Waals surface area contributed by atoms with Crippen molar-refractivity contribution in [2.75, 3.05) is 7.05 Å². The summed E-state index contributed by atoms with van der Waals surface area (Å²) in [5.41, 5.74) is 0. The van der Waals surface area contributed by atoms with Gasteiger partial charge in [-0.05, 0) is 0 Å². The molecule has 0 aliphatic rings. The highest BCUT2D eigenvalue weighted by molar-refractivity contribution is 5.75. The molecule has 0 spiro atoms. The molecule has 0 bridgehead atoms. The fraction of sp³-hybridized carbons (Fsp3) is 0.556. The maximum absolute atomic E-state index is 11.2. The van der Waals surface area contributed by atoms with Crippen molar-refractivity contribution < 1.29 is 4.79 Å². The summed E-state index contributed by atoms with van der Waals surface area (Å²) in [4.78, 5) is 17.1. The van der Waals surface area contributed by atoms with Crippen molar-refractivity contribution in [2.24, 2.45) is 7.05 Å². The van der Waals surface area contributed by atoms with E-state index in [-0.39, 0.29) is 5.91 Å². The number of hydrogen-bond acceptors (Lipinski definition) is 2. The van der Waals surface area contributed by atoms with Gasteiger partial charge in [-0.25, -0.2) is 4.98 Å². The summed E-state index contributed by atoms with van der Waals surface area (Å²) in [6.45, 7) is 2.44. The van der Waals surface area contributed by atoms with Gasteiger partial charge in [0.2, 0.25) is 5.91 Å². The van der Waals surface area contributed by atoms with Crippen molar-refractivity contribution in [3.63, 3.8) is 0 Å². The van der Waals surface area contributed by atoms with Gasteiger partial charge in [0.05, 0.1) is 6.54 Å². The molecule has 1 heterocycles. The lowest BCUT2D eigenvalue weighted by atomic mass is 10.4. The molecule has 4 heteroatoms. The molecule has 0 unspecified atom stereocenters. The number of imidazole rings is 1. The Bertz CT molecular complexity index is 293. The first-order valence-corrected chi connectivity index (χ1v) is 4.35. The Hall–Kier alpha value is -1.32. The second-order valence-corrected chi connectivity index (χ2v) is 3.06. The normalized spacial score (nSPS) is 10.1. The average Bonchev–Trinajstić information content (AvgIpc) is 2.50. The van der Waals surface area contributed by atoms with Gasteiger partial charge in [0, 0.05) is 32.9 Å². The van der Waals surface area contributed by atoms with E-state index >= 15 is 0 Å². The molecule has 1 rings (SSSR count). The molecule has 72 valence electrons. The van der Waals surface area contributed by atoms with E-state index in [2.05, 4.69) is 4.98 Å². The fourth-order valence-corrected chi connectivity index (χ4v) is 1.12. The fourth-order valence-electron chi connectivity index (χ4n) is 1.12. The third-order valence-electron chi connectivity index (χ3n) is 2.03. The molecular weight excluding hydrogens is 166 g/mol. The second kappa shape index (κ2) is 4.07. The van der Waals surface area contributed by atoms with E-state index in [1.165, 1.54) is 0 Å². The quantitative estimate of drug-likeness (QED) is 0.691. The van der Waals surface area contributed by atoms with E-state index in [4.69, 9.17) is 0 Å². The molecule has 1 aromatic heterocycles. The first-order chi connectivity index (χ1) is 6.15. The van der Waals surface area contributed by atoms with E-state index in [9.17, 15) is 4.79 Å². The van der Waals surface area contributed by atoms with Crippen LogP contribution < -0.4 is 0 Å². The molecule has 0 radical (unpaired) electrons. The van der Waals surface area contributed by atoms with E-state index in [1.54, 1.807) is 18.1 Å². The van der Waals surface area contributed by atoms with Crippen molar-refractivity contribution in [3.8, 4) is 0 Å². The number of nitrogens with zero attached hydrogens (tertiary/aromatic N) is 3. The van der Waals surface area contributed by atoms with Crippen LogP contribution in [0.1, 0.15) is 19.2 Å². The van der Waals surface area contributed by atoms with Crippen LogP contribution in [0.25, 0.3) is 0 Å². The van der Waals surface area contributed by atoms with Gasteiger partial charge in [-0.3, -0.25) is 4.79 Å². The van der Waals surface area contributed by atoms with Gasteiger partial charge in [0.25, 0.3) is 0 Å². The van der Waals surface area contributed by atoms with Crippen LogP contribution in [0.3, 0.4) is 0 Å². The third kappa shape index (κ3) is 2.31. The van der Waals surface area contributed by atoms with Gasteiger partial charge in [0.1, 0.15) is 5.82 Å². The minimum atomic E-state index is 0.142. The summed E-state index contributed by atoms with van der Waals surface area (Å²) in [5, 5.41) is 0. The Morgan fingerprint density at radius 1 is 1.69 bits per heavy atom. The molecule has 0 aliphatic carbocycles. The molecule has 13 heavy (non-hydrogen) atoms. The molecule has 0 saturated heterocycles. The van der Waals surface area contributed by atoms with Crippen LogP contribution >= 0.6 is 0 Å². The number of hydrogen-bond donors (Lipinski definition) is 0. The topological polar surface area (TPSA) is 38.1 Å². The van der Waals surface area contributed by atoms with E-state index in [1.807, 2.05) is 24.7 Å². The Morgan fingerprint density at radius 2 is 2.38 bits per heavy atom. The standard InChI is InChI=1S/C9H15N3O/c1-4-9(13)12(3)7-8-10-5-6-11(8)2/h5-6H,4,7H2,1-3H3. The minimum absolute atomic E-state index is 0.142. The van der Waals surface area contributed by atoms with Crippen LogP contribution in [0.2, 0.25) is 0 Å². The van der Waals surface area contributed by atoms with Gasteiger partial charge in [-0.15, -0.1) is 0 Å². The van der Waals surface area contributed by atoms with Gasteiger partial charge in [-0.2, -0.15) is 0 Å². The Morgan fingerprint density at radius 3 is 2.85 bits per heavy atom. The van der Waals surface area contributed by atoms with Crippen LogP contribution in [0.15, 0.2) is 12.4 Å². The minimum Gasteiger partial charge on any atom is -0.338 e. The van der Waals surface area contributed by atoms with E-state index in [0.717, 1.165) is 5.82 Å². The van der Waals surface area contributed by atoms with Gasteiger partial charge >= 0.3 is 0 Å². The highest BCUT2D eigenvalue weighted by Crippen LogP contribution is 2.00. The lowest BCUT2D eigenvalue weighted by Crippen LogP contribution is -2.26. The highest BCUT2D eigenvalue weighted by Gasteiger charge is 2.08. The lowest BCUT2D eigenvalue weighted by Gasteiger charge is -2.15. The van der Waals surface area contributed by atoms with Gasteiger partial charge in [0.15, 0.2) is 0 Å². The maximum Gasteiger partial charge on any atom is 0.222 e. The predicted molar refractivity (Wildman–Crippen MR) is 50.0 cm³/mol. The number of aromatic nitrogens is 2. The first-order valence-electron chi connectivity index (χ1n) is 4.35. The molecule has 1 amide bonds. The lowest BCUT2D eigenvalue weighted by molar-refractivity contribution is -0.130. The average molecular weight is 181 g/mol. The molecule has 0 atom stereocenters. The van der Waals surface area contributed by atoms with Crippen molar-refractivity contribution in [2.45, 2.75) is 19.9 Å². The predicted octanol–water partition coefficient (Wildman–Crippen LogP) is 0.788. The zero-order valence-electron chi connectivity index (χ0n) is 8.32. The summed E-state index contributed by atoms with van der Waals surface area (Å²) in [6, 6.07) is 0. The molecule has 4 nitrogen and oxygen atoms in total. The zero-order valence-corrected chi connectivity index (χ0v) is 8.32. The SMILES string of the molecule is CCC(=O)N(C)Cc1nccn1C. The smallest absolute Gasteiger partial charge is 0.222 e. The molecule has 0 fully saturated rings. The van der Waals surface area contributed by atoms with Gasteiger partial charge < -0.3 is 9.47 Å². The third-order valence-corrected chi connectivity index (χ3v) is 2.03. The summed E-state index contributed by atoms with van der Waals surface area (Å²) in [6.07, 6.45) is 4.15. The zero-order chi connectivity index (χ0) is 9.84. The van der Waals surface area contributed by atoms with Crippen LogP contribution in [-0.2, 0) is 18.4 Å². The monoisotopic (exact) mass is 181 g/mol. The molecule has 1 aromatic rings.